The van der Waals surface area contributed by atoms with Gasteiger partial charge in [-0.2, -0.15) is 0 Å². The van der Waals surface area contributed by atoms with Crippen LogP contribution in [0.3, 0.4) is 0 Å². The molecule has 1 heterocycles. The van der Waals surface area contributed by atoms with Gasteiger partial charge in [0.1, 0.15) is 9.83 Å². The second-order valence-corrected chi connectivity index (χ2v) is 7.77. The minimum absolute atomic E-state index is 0.841. The molecule has 1 aliphatic heterocycles. The molecule has 4 heteroatoms. The summed E-state index contributed by atoms with van der Waals surface area (Å²) < 4.78 is 11.8. The standard InChI is InChI=1S/C10H12OS3/c1-3-7-5-6-8(4-2)10-9(7)12-13-14(10)11/h5-6H,3-4H2,1-2H3. The number of hydrogen-bond donors (Lipinski definition) is 0. The Morgan fingerprint density at radius 2 is 1.86 bits per heavy atom. The Kier molecular flexibility index (Phi) is 3.24. The van der Waals surface area contributed by atoms with E-state index in [0.717, 1.165) is 17.7 Å². The first kappa shape index (κ1) is 10.6. The van der Waals surface area contributed by atoms with Crippen molar-refractivity contribution >= 4 is 30.5 Å². The van der Waals surface area contributed by atoms with Crippen LogP contribution in [0, 0.1) is 0 Å². The van der Waals surface area contributed by atoms with Crippen molar-refractivity contribution in [1.29, 1.82) is 0 Å². The topological polar surface area (TPSA) is 17.1 Å². The highest BCUT2D eigenvalue weighted by molar-refractivity contribution is 9.06. The first-order chi connectivity index (χ1) is 6.77. The maximum absolute atomic E-state index is 11.8. The van der Waals surface area contributed by atoms with Crippen molar-refractivity contribution < 1.29 is 4.21 Å². The third kappa shape index (κ3) is 1.64. The third-order valence-corrected chi connectivity index (χ3v) is 7.44. The van der Waals surface area contributed by atoms with E-state index in [4.69, 9.17) is 0 Å². The molecule has 1 nitrogen and oxygen atoms in total. The van der Waals surface area contributed by atoms with E-state index in [-0.39, 0.29) is 0 Å². The first-order valence-electron chi connectivity index (χ1n) is 4.69. The zero-order valence-electron chi connectivity index (χ0n) is 8.20. The van der Waals surface area contributed by atoms with Gasteiger partial charge in [0.05, 0.1) is 4.90 Å². The van der Waals surface area contributed by atoms with Crippen LogP contribution >= 0.6 is 20.6 Å². The molecule has 0 aliphatic carbocycles. The van der Waals surface area contributed by atoms with Gasteiger partial charge in [-0.05, 0) is 34.8 Å². The number of aryl methyl sites for hydroxylation is 2. The van der Waals surface area contributed by atoms with E-state index >= 15 is 0 Å². The lowest BCUT2D eigenvalue weighted by Gasteiger charge is -2.07. The Balaban J connectivity index is 2.62. The zero-order valence-corrected chi connectivity index (χ0v) is 10.7. The van der Waals surface area contributed by atoms with Crippen LogP contribution in [-0.4, -0.2) is 4.21 Å². The highest BCUT2D eigenvalue weighted by Gasteiger charge is 2.25. The van der Waals surface area contributed by atoms with Crippen molar-refractivity contribution in [2.75, 3.05) is 0 Å². The van der Waals surface area contributed by atoms with Crippen LogP contribution in [0.4, 0.5) is 0 Å². The second-order valence-electron chi connectivity index (χ2n) is 3.14. The predicted octanol–water partition coefficient (Wildman–Crippen LogP) is 3.59. The lowest BCUT2D eigenvalue weighted by atomic mass is 10.1. The molecule has 0 bridgehead atoms. The van der Waals surface area contributed by atoms with Crippen LogP contribution in [0.15, 0.2) is 21.9 Å². The van der Waals surface area contributed by atoms with Gasteiger partial charge in [-0.3, -0.25) is 0 Å². The smallest absolute Gasteiger partial charge is 0.125 e. The van der Waals surface area contributed by atoms with Gasteiger partial charge in [-0.15, -0.1) is 0 Å². The molecule has 0 radical (unpaired) electrons. The minimum atomic E-state index is -0.841. The normalized spacial score (nSPS) is 19.7. The van der Waals surface area contributed by atoms with E-state index in [2.05, 4.69) is 26.0 Å². The molecule has 0 saturated heterocycles. The van der Waals surface area contributed by atoms with Crippen molar-refractivity contribution in [1.82, 2.24) is 0 Å². The number of fused-ring (bicyclic) bond motifs is 1. The Bertz CT molecular complexity index is 387. The molecule has 1 aromatic carbocycles. The van der Waals surface area contributed by atoms with Crippen molar-refractivity contribution in [2.24, 2.45) is 0 Å². The lowest BCUT2D eigenvalue weighted by molar-refractivity contribution is 0.689. The van der Waals surface area contributed by atoms with Crippen molar-refractivity contribution in [2.45, 2.75) is 36.5 Å². The maximum Gasteiger partial charge on any atom is 0.125 e. The summed E-state index contributed by atoms with van der Waals surface area (Å²) in [6, 6.07) is 4.30. The van der Waals surface area contributed by atoms with Crippen molar-refractivity contribution in [3.05, 3.63) is 23.3 Å². The molecular weight excluding hydrogens is 232 g/mol. The van der Waals surface area contributed by atoms with Gasteiger partial charge in [0, 0.05) is 14.7 Å². The Morgan fingerprint density at radius 1 is 1.21 bits per heavy atom. The lowest BCUT2D eigenvalue weighted by Crippen LogP contribution is -1.94. The highest BCUT2D eigenvalue weighted by Crippen LogP contribution is 2.50. The van der Waals surface area contributed by atoms with Crippen LogP contribution in [-0.2, 0) is 22.7 Å². The summed E-state index contributed by atoms with van der Waals surface area (Å²) in [6.07, 6.45) is 2.00. The fourth-order valence-electron chi connectivity index (χ4n) is 1.57. The molecule has 0 aromatic heterocycles. The van der Waals surface area contributed by atoms with Gasteiger partial charge in [-0.1, -0.05) is 26.0 Å². The average molecular weight is 244 g/mol. The molecule has 1 aromatic rings. The molecule has 2 rings (SSSR count). The quantitative estimate of drug-likeness (QED) is 0.740. The van der Waals surface area contributed by atoms with Gasteiger partial charge >= 0.3 is 0 Å². The van der Waals surface area contributed by atoms with E-state index in [1.807, 2.05) is 0 Å². The van der Waals surface area contributed by atoms with E-state index in [9.17, 15) is 4.21 Å². The zero-order chi connectivity index (χ0) is 10.1. The number of benzene rings is 1. The van der Waals surface area contributed by atoms with Gasteiger partial charge in [0.25, 0.3) is 0 Å². The highest BCUT2D eigenvalue weighted by atomic mass is 33.5. The van der Waals surface area contributed by atoms with Crippen LogP contribution < -0.4 is 0 Å². The van der Waals surface area contributed by atoms with E-state index in [0.29, 0.717) is 0 Å². The van der Waals surface area contributed by atoms with Crippen LogP contribution in [0.1, 0.15) is 25.0 Å². The molecule has 0 fully saturated rings. The predicted molar refractivity (Wildman–Crippen MR) is 65.1 cm³/mol. The van der Waals surface area contributed by atoms with Gasteiger partial charge in [0.2, 0.25) is 0 Å². The van der Waals surface area contributed by atoms with Gasteiger partial charge < -0.3 is 0 Å². The van der Waals surface area contributed by atoms with Gasteiger partial charge in [-0.25, -0.2) is 4.21 Å². The Hall–Kier alpha value is 0.0700. The maximum atomic E-state index is 11.8. The molecule has 76 valence electrons. The number of rotatable bonds is 2. The van der Waals surface area contributed by atoms with Crippen LogP contribution in [0.2, 0.25) is 0 Å². The molecule has 14 heavy (non-hydrogen) atoms. The summed E-state index contributed by atoms with van der Waals surface area (Å²) in [7, 11) is 2.31. The molecule has 1 unspecified atom stereocenters. The van der Waals surface area contributed by atoms with E-state index in [1.54, 1.807) is 10.8 Å². The molecule has 0 saturated carbocycles. The summed E-state index contributed by atoms with van der Waals surface area (Å²) in [5, 5.41) is 0. The largest absolute Gasteiger partial charge is 0.242 e. The third-order valence-electron chi connectivity index (χ3n) is 2.38. The molecule has 0 amide bonds. The first-order valence-corrected chi connectivity index (χ1v) is 8.51. The Labute approximate surface area is 94.3 Å². The molecule has 1 aliphatic rings. The van der Waals surface area contributed by atoms with Crippen LogP contribution in [0.25, 0.3) is 0 Å². The fraction of sp³-hybridized carbons (Fsp3) is 0.400. The monoisotopic (exact) mass is 244 g/mol. The fourth-order valence-corrected chi connectivity index (χ4v) is 7.19. The molecule has 0 N–H and O–H groups in total. The summed E-state index contributed by atoms with van der Waals surface area (Å²) in [6.45, 7) is 4.26. The molecule has 1 atom stereocenters. The van der Waals surface area contributed by atoms with Crippen molar-refractivity contribution in [3.8, 4) is 0 Å². The second kappa shape index (κ2) is 4.29. The minimum Gasteiger partial charge on any atom is -0.242 e. The SMILES string of the molecule is CCc1ccc(CC)c2c1SSS2=O. The van der Waals surface area contributed by atoms with Crippen molar-refractivity contribution in [3.63, 3.8) is 0 Å². The molecular formula is C10H12OS3. The number of hydrogen-bond acceptors (Lipinski definition) is 3. The summed E-state index contributed by atoms with van der Waals surface area (Å²) >= 11 is 0. The van der Waals surface area contributed by atoms with Gasteiger partial charge in [0.15, 0.2) is 0 Å². The summed E-state index contributed by atoms with van der Waals surface area (Å²) in [5.41, 5.74) is 2.58. The molecule has 0 spiro atoms. The Morgan fingerprint density at radius 3 is 2.50 bits per heavy atom. The summed E-state index contributed by atoms with van der Waals surface area (Å²) in [4.78, 5) is 2.34. The average Bonchev–Trinajstić information content (AvgIpc) is 2.60. The van der Waals surface area contributed by atoms with E-state index < -0.39 is 9.83 Å². The van der Waals surface area contributed by atoms with E-state index in [1.165, 1.54) is 25.8 Å². The van der Waals surface area contributed by atoms with Crippen LogP contribution in [0.5, 0.6) is 0 Å². The summed E-state index contributed by atoms with van der Waals surface area (Å²) in [5.74, 6) is 0.